The summed E-state index contributed by atoms with van der Waals surface area (Å²) in [5, 5.41) is 1.25. The Morgan fingerprint density at radius 2 is 1.20 bits per heavy atom. The minimum Gasteiger partial charge on any atom is -0.147 e. The molecule has 0 saturated carbocycles. The molecule has 0 bridgehead atoms. The number of hydrogen-bond donors (Lipinski definition) is 0. The molecule has 0 rings (SSSR count). The van der Waals surface area contributed by atoms with Gasteiger partial charge in [0.05, 0.1) is 0 Å². The van der Waals surface area contributed by atoms with Crippen LogP contribution in [0.4, 0.5) is 9.05 Å². The Hall–Kier alpha value is 0.327. The van der Waals surface area contributed by atoms with Gasteiger partial charge in [0, 0.05) is 16.1 Å². The van der Waals surface area contributed by atoms with Crippen LogP contribution in [0.15, 0.2) is 0 Å². The fraction of sp³-hybridized carbons (Fsp3) is 0. The Bertz CT molecular complexity index is 9.61. The second-order valence-electron chi connectivity index (χ2n) is 0.0583. The lowest BCUT2D eigenvalue weighted by Gasteiger charge is -1.41. The molecule has 5 heteroatoms. The second kappa shape index (κ2) is 27.2. The highest BCUT2D eigenvalue weighted by molar-refractivity contribution is 5.85. The minimum absolute atomic E-state index is 0. The zero-order valence-corrected chi connectivity index (χ0v) is 3.89. The van der Waals surface area contributed by atoms with Crippen LogP contribution < -0.4 is 0 Å². The molecule has 0 aliphatic heterocycles. The van der Waals surface area contributed by atoms with Gasteiger partial charge in [-0.25, -0.2) is 0 Å². The van der Waals surface area contributed by atoms with Gasteiger partial charge in [-0.15, -0.1) is 12.4 Å². The maximum absolute atomic E-state index is 9.12. The van der Waals surface area contributed by atoms with Crippen molar-refractivity contribution in [1.82, 2.24) is 0 Å². The average molecular weight is 119 g/mol. The van der Waals surface area contributed by atoms with Crippen LogP contribution in [0.5, 0.6) is 0 Å². The summed E-state index contributed by atoms with van der Waals surface area (Å²) >= 11 is 0. The summed E-state index contributed by atoms with van der Waals surface area (Å²) in [4.78, 5) is 0. The molecule has 0 amide bonds. The normalized spacial score (nSPS) is 3.60. The fourth-order valence-electron chi connectivity index (χ4n) is 0. The molecule has 0 aliphatic carbocycles. The smallest absolute Gasteiger partial charge is 0.0209 e. The van der Waals surface area contributed by atoms with Crippen LogP contribution in [0.3, 0.4) is 0 Å². The van der Waals surface area contributed by atoms with E-state index in [4.69, 9.17) is 9.05 Å². The zero-order valence-electron chi connectivity index (χ0n) is 2.07. The summed E-state index contributed by atoms with van der Waals surface area (Å²) in [6.45, 7) is 0. The lowest BCUT2D eigenvalue weighted by molar-refractivity contribution is -0.317. The molecule has 0 aliphatic rings. The quantitative estimate of drug-likeness (QED) is 0.428. The van der Waals surface area contributed by atoms with Crippen molar-refractivity contribution >= 4 is 23.4 Å². The van der Waals surface area contributed by atoms with E-state index in [0.717, 1.165) is 0 Å². The van der Waals surface area contributed by atoms with Crippen LogP contribution in [0.1, 0.15) is 0 Å². The molecule has 32 valence electrons. The van der Waals surface area contributed by atoms with Crippen molar-refractivity contribution in [3.8, 4) is 0 Å². The lowest BCUT2D eigenvalue weighted by atomic mass is 15.4. The van der Waals surface area contributed by atoms with Gasteiger partial charge in [0.2, 0.25) is 0 Å². The largest absolute Gasteiger partial charge is 0.147 e. The first-order chi connectivity index (χ1) is 1.41. The number of hydrogen-bond acceptors (Lipinski definition) is 1. The molecular formula is HClF2OSi. The predicted octanol–water partition coefficient (Wildman–Crippen LogP) is 0.813. The third-order valence-electron chi connectivity index (χ3n) is 0. The second-order valence-corrected chi connectivity index (χ2v) is 0.0583. The van der Waals surface area contributed by atoms with Crippen molar-refractivity contribution in [2.24, 2.45) is 0 Å². The van der Waals surface area contributed by atoms with Crippen LogP contribution in [0, 0.1) is 0 Å². The summed E-state index contributed by atoms with van der Waals surface area (Å²) in [5.74, 6) is 0. The maximum Gasteiger partial charge on any atom is 0.0209 e. The first-order valence-electron chi connectivity index (χ1n) is 0.309. The van der Waals surface area contributed by atoms with Gasteiger partial charge in [0.15, 0.2) is 0 Å². The zero-order chi connectivity index (χ0) is 2.71. The Morgan fingerprint density at radius 1 is 1.20 bits per heavy atom. The molecule has 0 spiro atoms. The molecule has 0 unspecified atom stereocenters. The van der Waals surface area contributed by atoms with Crippen molar-refractivity contribution in [3.63, 3.8) is 0 Å². The summed E-state index contributed by atoms with van der Waals surface area (Å²) in [6, 6.07) is 0. The minimum atomic E-state index is 0. The van der Waals surface area contributed by atoms with Gasteiger partial charge in [-0.3, -0.25) is 0 Å². The molecule has 0 aromatic heterocycles. The van der Waals surface area contributed by atoms with E-state index in [1.807, 2.05) is 0 Å². The van der Waals surface area contributed by atoms with E-state index in [1.165, 1.54) is 5.15 Å². The van der Waals surface area contributed by atoms with Crippen LogP contribution in [0.2, 0.25) is 0 Å². The molecule has 0 atom stereocenters. The van der Waals surface area contributed by atoms with Crippen molar-refractivity contribution in [1.29, 1.82) is 0 Å². The molecule has 5 heavy (non-hydrogen) atoms. The SMILES string of the molecule is Cl.FOF.[Si]. The predicted molar refractivity (Wildman–Crippen MR) is 16.3 cm³/mol. The van der Waals surface area contributed by atoms with Crippen LogP contribution in [0.25, 0.3) is 0 Å². The molecule has 4 radical (unpaired) electrons. The fourth-order valence-corrected chi connectivity index (χ4v) is 0. The molecule has 0 saturated heterocycles. The van der Waals surface area contributed by atoms with Gasteiger partial charge in [0.25, 0.3) is 0 Å². The Morgan fingerprint density at radius 3 is 1.20 bits per heavy atom. The molecule has 0 aromatic rings. The van der Waals surface area contributed by atoms with E-state index in [-0.39, 0.29) is 23.4 Å². The first-order valence-corrected chi connectivity index (χ1v) is 0.309. The molecular weight excluding hydrogens is 118 g/mol. The van der Waals surface area contributed by atoms with E-state index in [1.54, 1.807) is 0 Å². The van der Waals surface area contributed by atoms with Gasteiger partial charge < -0.3 is 0 Å². The average Bonchev–Trinajstić information content (AvgIpc) is 0.918. The van der Waals surface area contributed by atoms with Gasteiger partial charge >= 0.3 is 0 Å². The van der Waals surface area contributed by atoms with Crippen LogP contribution >= 0.6 is 12.4 Å². The lowest BCUT2D eigenvalue weighted by Crippen LogP contribution is -1.26. The number of halogens is 3. The van der Waals surface area contributed by atoms with E-state index in [2.05, 4.69) is 0 Å². The van der Waals surface area contributed by atoms with Crippen molar-refractivity contribution in [2.75, 3.05) is 0 Å². The summed E-state index contributed by atoms with van der Waals surface area (Å²) in [7, 11) is 0. The first kappa shape index (κ1) is 18.4. The maximum atomic E-state index is 9.12. The molecule has 0 N–H and O–H groups in total. The van der Waals surface area contributed by atoms with Crippen LogP contribution in [-0.4, -0.2) is 11.0 Å². The third-order valence-corrected chi connectivity index (χ3v) is 0. The summed E-state index contributed by atoms with van der Waals surface area (Å²) in [6.07, 6.45) is 0. The highest BCUT2D eigenvalue weighted by Crippen LogP contribution is 1.61. The molecule has 1 nitrogen and oxygen atoms in total. The Balaban J connectivity index is -0.0000000200. The monoisotopic (exact) mass is 118 g/mol. The van der Waals surface area contributed by atoms with Gasteiger partial charge in [-0.05, 0) is 9.05 Å². The van der Waals surface area contributed by atoms with Crippen molar-refractivity contribution < 1.29 is 14.2 Å². The molecule has 0 fully saturated rings. The topological polar surface area (TPSA) is 9.23 Å². The highest BCUT2D eigenvalue weighted by Gasteiger charge is 1.42. The van der Waals surface area contributed by atoms with Crippen molar-refractivity contribution in [2.45, 2.75) is 0 Å². The number of rotatable bonds is 0. The van der Waals surface area contributed by atoms with Gasteiger partial charge in [0.1, 0.15) is 0 Å². The van der Waals surface area contributed by atoms with E-state index < -0.39 is 0 Å². The molecule has 0 aromatic carbocycles. The Labute approximate surface area is 38.5 Å². The summed E-state index contributed by atoms with van der Waals surface area (Å²) in [5.41, 5.74) is 0. The van der Waals surface area contributed by atoms with E-state index in [0.29, 0.717) is 0 Å². The van der Waals surface area contributed by atoms with E-state index >= 15 is 0 Å². The molecule has 0 heterocycles. The van der Waals surface area contributed by atoms with Crippen molar-refractivity contribution in [3.05, 3.63) is 0 Å². The highest BCUT2D eigenvalue weighted by atomic mass is 35.5. The summed E-state index contributed by atoms with van der Waals surface area (Å²) < 4.78 is 18.2. The standard InChI is InChI=1S/ClH.F2O.Si/c;1-3-2;/h1H;;. The van der Waals surface area contributed by atoms with Gasteiger partial charge in [-0.2, -0.15) is 0 Å². The van der Waals surface area contributed by atoms with Gasteiger partial charge in [-0.1, -0.05) is 0 Å². The third kappa shape index (κ3) is 219. The van der Waals surface area contributed by atoms with Crippen LogP contribution in [-0.2, 0) is 5.15 Å². The van der Waals surface area contributed by atoms with E-state index in [9.17, 15) is 0 Å². The Kier molecular flexibility index (Phi) is 100.